The van der Waals surface area contributed by atoms with Gasteiger partial charge in [-0.25, -0.2) is 0 Å². The molecule has 22 heavy (non-hydrogen) atoms. The number of benzene rings is 1. The Hall–Kier alpha value is -2.07. The van der Waals surface area contributed by atoms with Crippen molar-refractivity contribution in [2.45, 2.75) is 13.0 Å². The molecule has 2 aromatic rings. The molecule has 1 aromatic heterocycles. The van der Waals surface area contributed by atoms with Crippen LogP contribution >= 0.6 is 11.3 Å². The predicted octanol–water partition coefficient (Wildman–Crippen LogP) is 3.51. The summed E-state index contributed by atoms with van der Waals surface area (Å²) < 4.78 is 5.75. The fourth-order valence-corrected chi connectivity index (χ4v) is 3.44. The van der Waals surface area contributed by atoms with Crippen LogP contribution in [0.25, 0.3) is 0 Å². The van der Waals surface area contributed by atoms with Crippen molar-refractivity contribution in [1.29, 1.82) is 0 Å². The summed E-state index contributed by atoms with van der Waals surface area (Å²) in [6.45, 7) is 5.43. The molecule has 2 heterocycles. The van der Waals surface area contributed by atoms with Crippen LogP contribution in [0.4, 0.5) is 0 Å². The third-order valence-corrected chi connectivity index (χ3v) is 4.68. The van der Waals surface area contributed by atoms with Gasteiger partial charge in [-0.1, -0.05) is 30.3 Å². The zero-order chi connectivity index (χ0) is 15.4. The van der Waals surface area contributed by atoms with Crippen molar-refractivity contribution in [3.05, 3.63) is 64.9 Å². The summed E-state index contributed by atoms with van der Waals surface area (Å²) in [7, 11) is 0. The van der Waals surface area contributed by atoms with Gasteiger partial charge in [0.2, 0.25) is 5.91 Å². The van der Waals surface area contributed by atoms with Crippen molar-refractivity contribution in [3.63, 3.8) is 0 Å². The summed E-state index contributed by atoms with van der Waals surface area (Å²) in [5.74, 6) is 0.928. The third kappa shape index (κ3) is 3.22. The van der Waals surface area contributed by atoms with Gasteiger partial charge in [-0.3, -0.25) is 4.79 Å². The van der Waals surface area contributed by atoms with Gasteiger partial charge < -0.3 is 9.64 Å². The molecule has 1 amide bonds. The highest BCUT2D eigenvalue weighted by Gasteiger charge is 2.29. The average Bonchev–Trinajstić information content (AvgIpc) is 3.06. The number of ether oxygens (including phenoxy) is 1. The van der Waals surface area contributed by atoms with Gasteiger partial charge in [0.25, 0.3) is 0 Å². The fourth-order valence-electron chi connectivity index (χ4n) is 2.72. The fraction of sp³-hybridized carbons (Fsp3) is 0.278. The van der Waals surface area contributed by atoms with Crippen LogP contribution < -0.4 is 4.74 Å². The quantitative estimate of drug-likeness (QED) is 0.791. The topological polar surface area (TPSA) is 29.5 Å². The minimum Gasteiger partial charge on any atom is -0.492 e. The van der Waals surface area contributed by atoms with E-state index in [-0.39, 0.29) is 11.8 Å². The van der Waals surface area contributed by atoms with E-state index in [0.29, 0.717) is 19.7 Å². The Morgan fingerprint density at radius 2 is 2.23 bits per heavy atom. The number of rotatable bonds is 5. The van der Waals surface area contributed by atoms with E-state index in [9.17, 15) is 4.79 Å². The maximum absolute atomic E-state index is 12.8. The van der Waals surface area contributed by atoms with E-state index >= 15 is 0 Å². The Kier molecular flexibility index (Phi) is 4.59. The van der Waals surface area contributed by atoms with Gasteiger partial charge in [0.15, 0.2) is 0 Å². The van der Waals surface area contributed by atoms with Crippen LogP contribution in [0, 0.1) is 5.92 Å². The van der Waals surface area contributed by atoms with Crippen LogP contribution in [0.5, 0.6) is 5.75 Å². The first kappa shape index (κ1) is 14.9. The van der Waals surface area contributed by atoms with E-state index in [1.165, 1.54) is 4.88 Å². The van der Waals surface area contributed by atoms with Crippen LogP contribution in [-0.2, 0) is 17.8 Å². The lowest BCUT2D eigenvalue weighted by Crippen LogP contribution is -2.40. The number of para-hydroxylation sites is 1. The first-order valence-corrected chi connectivity index (χ1v) is 8.28. The number of amides is 1. The number of carbonyl (C=O) groups is 1. The van der Waals surface area contributed by atoms with Crippen LogP contribution in [0.1, 0.15) is 10.4 Å². The molecule has 1 atom stereocenters. The second-order valence-electron chi connectivity index (χ2n) is 5.41. The molecule has 1 unspecified atom stereocenters. The largest absolute Gasteiger partial charge is 0.492 e. The van der Waals surface area contributed by atoms with Crippen molar-refractivity contribution in [1.82, 2.24) is 4.90 Å². The first-order chi connectivity index (χ1) is 10.8. The molecule has 0 aliphatic carbocycles. The number of fused-ring (bicyclic) bond motifs is 1. The van der Waals surface area contributed by atoms with E-state index in [1.54, 1.807) is 17.4 Å². The van der Waals surface area contributed by atoms with E-state index in [0.717, 1.165) is 17.7 Å². The molecule has 0 spiro atoms. The Balaban J connectivity index is 1.72. The Labute approximate surface area is 134 Å². The maximum atomic E-state index is 12.8. The highest BCUT2D eigenvalue weighted by molar-refractivity contribution is 7.09. The molecule has 3 nitrogen and oxygen atoms in total. The molecule has 1 aliphatic heterocycles. The molecule has 1 aliphatic rings. The van der Waals surface area contributed by atoms with E-state index in [1.807, 2.05) is 40.6 Å². The normalized spacial score (nSPS) is 16.5. The van der Waals surface area contributed by atoms with Crippen molar-refractivity contribution in [2.24, 2.45) is 5.92 Å². The average molecular weight is 313 g/mol. The molecular weight excluding hydrogens is 294 g/mol. The van der Waals surface area contributed by atoms with Gasteiger partial charge in [0.05, 0.1) is 12.5 Å². The molecule has 0 N–H and O–H groups in total. The van der Waals surface area contributed by atoms with E-state index in [2.05, 4.69) is 12.6 Å². The molecule has 0 saturated carbocycles. The lowest BCUT2D eigenvalue weighted by atomic mass is 9.95. The second-order valence-corrected chi connectivity index (χ2v) is 6.44. The minimum absolute atomic E-state index is 0.116. The van der Waals surface area contributed by atoms with E-state index in [4.69, 9.17) is 4.74 Å². The summed E-state index contributed by atoms with van der Waals surface area (Å²) in [4.78, 5) is 15.9. The summed E-state index contributed by atoms with van der Waals surface area (Å²) in [6.07, 6.45) is 2.52. The number of hydrogen-bond donors (Lipinski definition) is 0. The molecule has 0 radical (unpaired) electrons. The van der Waals surface area contributed by atoms with Crippen LogP contribution in [0.3, 0.4) is 0 Å². The summed E-state index contributed by atoms with van der Waals surface area (Å²) in [5.41, 5.74) is 1.11. The second kappa shape index (κ2) is 6.79. The molecular formula is C18H19NO2S. The number of nitrogens with zero attached hydrogens (tertiary/aromatic N) is 1. The highest BCUT2D eigenvalue weighted by atomic mass is 32.1. The smallest absolute Gasteiger partial charge is 0.230 e. The lowest BCUT2D eigenvalue weighted by Gasteiger charge is -2.29. The molecule has 114 valence electrons. The predicted molar refractivity (Wildman–Crippen MR) is 89.1 cm³/mol. The number of thiophene rings is 1. The van der Waals surface area contributed by atoms with Crippen LogP contribution in [0.2, 0.25) is 0 Å². The zero-order valence-corrected chi connectivity index (χ0v) is 13.2. The van der Waals surface area contributed by atoms with Crippen molar-refractivity contribution >= 4 is 17.2 Å². The third-order valence-electron chi connectivity index (χ3n) is 3.82. The molecule has 0 fully saturated rings. The van der Waals surface area contributed by atoms with Gasteiger partial charge in [0, 0.05) is 11.4 Å². The zero-order valence-electron chi connectivity index (χ0n) is 12.4. The Morgan fingerprint density at radius 3 is 3.00 bits per heavy atom. The van der Waals surface area contributed by atoms with Crippen molar-refractivity contribution < 1.29 is 9.53 Å². The summed E-state index contributed by atoms with van der Waals surface area (Å²) in [6, 6.07) is 12.0. The van der Waals surface area contributed by atoms with Gasteiger partial charge >= 0.3 is 0 Å². The number of carbonyl (C=O) groups excluding carboxylic acids is 1. The summed E-state index contributed by atoms with van der Waals surface area (Å²) >= 11 is 1.67. The first-order valence-electron chi connectivity index (χ1n) is 7.40. The number of hydrogen-bond acceptors (Lipinski definition) is 3. The van der Waals surface area contributed by atoms with Crippen LogP contribution in [-0.4, -0.2) is 24.0 Å². The highest BCUT2D eigenvalue weighted by Crippen LogP contribution is 2.28. The molecule has 0 saturated heterocycles. The minimum atomic E-state index is -0.116. The van der Waals surface area contributed by atoms with Gasteiger partial charge in [0.1, 0.15) is 12.4 Å². The van der Waals surface area contributed by atoms with E-state index < -0.39 is 0 Å². The molecule has 1 aromatic carbocycles. The summed E-state index contributed by atoms with van der Waals surface area (Å²) in [5, 5.41) is 2.03. The van der Waals surface area contributed by atoms with Crippen molar-refractivity contribution in [3.8, 4) is 5.75 Å². The SMILES string of the molecule is C=CCN(Cc1cccs1)C(=O)C1COc2ccccc2C1. The van der Waals surface area contributed by atoms with Gasteiger partial charge in [-0.15, -0.1) is 17.9 Å². The monoisotopic (exact) mass is 313 g/mol. The van der Waals surface area contributed by atoms with Gasteiger partial charge in [-0.2, -0.15) is 0 Å². The molecule has 4 heteroatoms. The van der Waals surface area contributed by atoms with Gasteiger partial charge in [-0.05, 0) is 29.5 Å². The Bertz CT molecular complexity index is 651. The maximum Gasteiger partial charge on any atom is 0.230 e. The Morgan fingerprint density at radius 1 is 1.36 bits per heavy atom. The van der Waals surface area contributed by atoms with Crippen LogP contribution in [0.15, 0.2) is 54.4 Å². The molecule has 0 bridgehead atoms. The lowest BCUT2D eigenvalue weighted by molar-refractivity contribution is -0.136. The van der Waals surface area contributed by atoms with Crippen molar-refractivity contribution in [2.75, 3.05) is 13.2 Å². The standard InChI is InChI=1S/C18H19NO2S/c1-2-9-19(12-16-7-5-10-22-16)18(20)15-11-14-6-3-4-8-17(14)21-13-15/h2-8,10,15H,1,9,11-13H2. The molecule has 3 rings (SSSR count).